The van der Waals surface area contributed by atoms with E-state index in [1.54, 1.807) is 0 Å². The molecular weight excluding hydrogens is 262 g/mol. The first-order chi connectivity index (χ1) is 8.41. The molecule has 1 N–H and O–H groups in total. The molecule has 0 aliphatic rings. The van der Waals surface area contributed by atoms with Gasteiger partial charge in [-0.25, -0.2) is 4.79 Å². The van der Waals surface area contributed by atoms with E-state index >= 15 is 0 Å². The van der Waals surface area contributed by atoms with Crippen LogP contribution < -0.4 is 4.74 Å². The van der Waals surface area contributed by atoms with E-state index in [1.165, 1.54) is 31.2 Å². The molecule has 6 nitrogen and oxygen atoms in total. The molecule has 0 spiro atoms. The summed E-state index contributed by atoms with van der Waals surface area (Å²) in [6, 6.07) is 3.99. The predicted octanol–water partition coefficient (Wildman–Crippen LogP) is 2.66. The van der Waals surface area contributed by atoms with Crippen molar-refractivity contribution in [1.29, 1.82) is 0 Å². The van der Waals surface area contributed by atoms with Crippen molar-refractivity contribution < 1.29 is 19.6 Å². The van der Waals surface area contributed by atoms with Gasteiger partial charge in [-0.3, -0.25) is 10.1 Å². The zero-order valence-electron chi connectivity index (χ0n) is 9.42. The third-order valence-corrected chi connectivity index (χ3v) is 2.32. The van der Waals surface area contributed by atoms with Crippen molar-refractivity contribution >= 4 is 23.3 Å². The van der Waals surface area contributed by atoms with Crippen molar-refractivity contribution in [2.75, 3.05) is 6.61 Å². The lowest BCUT2D eigenvalue weighted by molar-refractivity contribution is -0.385. The Morgan fingerprint density at radius 2 is 2.28 bits per heavy atom. The van der Waals surface area contributed by atoms with Gasteiger partial charge in [0.2, 0.25) is 0 Å². The summed E-state index contributed by atoms with van der Waals surface area (Å²) >= 11 is 5.64. The number of carbonyl (C=O) groups is 1. The van der Waals surface area contributed by atoms with Crippen LogP contribution in [-0.4, -0.2) is 22.6 Å². The van der Waals surface area contributed by atoms with E-state index in [2.05, 4.69) is 0 Å². The third-order valence-electron chi connectivity index (χ3n) is 2.08. The molecule has 0 heterocycles. The van der Waals surface area contributed by atoms with E-state index in [1.807, 2.05) is 0 Å². The number of benzene rings is 1. The van der Waals surface area contributed by atoms with Crippen molar-refractivity contribution in [2.24, 2.45) is 0 Å². The molecule has 96 valence electrons. The molecule has 18 heavy (non-hydrogen) atoms. The third kappa shape index (κ3) is 3.74. The molecule has 0 amide bonds. The predicted molar refractivity (Wildman–Crippen MR) is 65.0 cm³/mol. The van der Waals surface area contributed by atoms with Crippen LogP contribution in [0, 0.1) is 10.1 Å². The maximum absolute atomic E-state index is 10.7. The molecular formula is C11H10ClNO5. The second-order valence-corrected chi connectivity index (χ2v) is 3.81. The molecule has 0 aliphatic carbocycles. The Hall–Kier alpha value is -2.08. The average molecular weight is 272 g/mol. The number of nitrogens with zero attached hydrogens (tertiary/aromatic N) is 1. The molecule has 0 aliphatic heterocycles. The molecule has 1 rings (SSSR count). The Kier molecular flexibility index (Phi) is 4.67. The van der Waals surface area contributed by atoms with Gasteiger partial charge in [0.05, 0.1) is 4.92 Å². The van der Waals surface area contributed by atoms with E-state index in [-0.39, 0.29) is 28.6 Å². The smallest absolute Gasteiger partial charge is 0.331 e. The average Bonchev–Trinajstić information content (AvgIpc) is 2.30. The molecule has 7 heteroatoms. The Morgan fingerprint density at radius 1 is 1.61 bits per heavy atom. The summed E-state index contributed by atoms with van der Waals surface area (Å²) in [5.74, 6) is -1.02. The van der Waals surface area contributed by atoms with E-state index in [9.17, 15) is 14.9 Å². The van der Waals surface area contributed by atoms with E-state index in [0.717, 1.165) is 0 Å². The Bertz CT molecular complexity index is 512. The van der Waals surface area contributed by atoms with Crippen LogP contribution in [0.4, 0.5) is 5.69 Å². The minimum Gasteiger partial charge on any atom is -0.483 e. The standard InChI is InChI=1S/C11H10ClNO5/c1-7(11(14)15)4-5-18-10-3-2-8(12)6-9(10)13(16)17/h2-4,6H,5H2,1H3,(H,14,15). The van der Waals surface area contributed by atoms with Crippen LogP contribution >= 0.6 is 11.6 Å². The van der Waals surface area contributed by atoms with Crippen LogP contribution in [0.3, 0.4) is 0 Å². The van der Waals surface area contributed by atoms with Crippen LogP contribution in [-0.2, 0) is 4.79 Å². The first-order valence-electron chi connectivity index (χ1n) is 4.88. The SMILES string of the molecule is CC(=CCOc1ccc(Cl)cc1[N+](=O)[O-])C(=O)O. The number of hydrogen-bond donors (Lipinski definition) is 1. The summed E-state index contributed by atoms with van der Waals surface area (Å²) in [6.07, 6.45) is 1.32. The molecule has 0 saturated heterocycles. The monoisotopic (exact) mass is 271 g/mol. The van der Waals surface area contributed by atoms with Gasteiger partial charge in [0.1, 0.15) is 6.61 Å². The van der Waals surface area contributed by atoms with Gasteiger partial charge in [0.15, 0.2) is 5.75 Å². The zero-order chi connectivity index (χ0) is 13.7. The summed E-state index contributed by atoms with van der Waals surface area (Å²) in [4.78, 5) is 20.6. The van der Waals surface area contributed by atoms with Crippen LogP contribution in [0.2, 0.25) is 5.02 Å². The molecule has 0 radical (unpaired) electrons. The van der Waals surface area contributed by atoms with Crippen LogP contribution in [0.1, 0.15) is 6.92 Å². The summed E-state index contributed by atoms with van der Waals surface area (Å²) in [5, 5.41) is 19.6. The maximum atomic E-state index is 10.7. The Morgan fingerprint density at radius 3 is 2.83 bits per heavy atom. The Balaban J connectivity index is 2.82. The van der Waals surface area contributed by atoms with E-state index in [0.29, 0.717) is 0 Å². The molecule has 0 aromatic heterocycles. The first kappa shape index (κ1) is 14.0. The van der Waals surface area contributed by atoms with Crippen LogP contribution in [0.5, 0.6) is 5.75 Å². The molecule has 0 fully saturated rings. The highest BCUT2D eigenvalue weighted by Gasteiger charge is 2.15. The van der Waals surface area contributed by atoms with Crippen molar-refractivity contribution in [3.8, 4) is 5.75 Å². The number of rotatable bonds is 5. The van der Waals surface area contributed by atoms with Crippen molar-refractivity contribution in [2.45, 2.75) is 6.92 Å². The van der Waals surface area contributed by atoms with Crippen molar-refractivity contribution in [3.05, 3.63) is 45.0 Å². The summed E-state index contributed by atoms with van der Waals surface area (Å²) < 4.78 is 5.13. The molecule has 0 atom stereocenters. The highest BCUT2D eigenvalue weighted by molar-refractivity contribution is 6.30. The lowest BCUT2D eigenvalue weighted by atomic mass is 10.3. The molecule has 1 aromatic rings. The van der Waals surface area contributed by atoms with Crippen molar-refractivity contribution in [1.82, 2.24) is 0 Å². The topological polar surface area (TPSA) is 89.7 Å². The number of nitro groups is 1. The van der Waals surface area contributed by atoms with E-state index in [4.69, 9.17) is 21.4 Å². The highest BCUT2D eigenvalue weighted by Crippen LogP contribution is 2.29. The number of hydrogen-bond acceptors (Lipinski definition) is 4. The number of halogens is 1. The highest BCUT2D eigenvalue weighted by atomic mass is 35.5. The second kappa shape index (κ2) is 6.02. The van der Waals surface area contributed by atoms with E-state index < -0.39 is 10.9 Å². The molecule has 0 saturated carbocycles. The normalized spacial score (nSPS) is 11.1. The summed E-state index contributed by atoms with van der Waals surface area (Å²) in [5.41, 5.74) is -0.157. The minimum absolute atomic E-state index is 0.0406. The number of carboxylic acids is 1. The summed E-state index contributed by atoms with van der Waals surface area (Å²) in [7, 11) is 0. The second-order valence-electron chi connectivity index (χ2n) is 3.37. The van der Waals surface area contributed by atoms with Gasteiger partial charge in [-0.1, -0.05) is 11.6 Å². The number of ether oxygens (including phenoxy) is 1. The maximum Gasteiger partial charge on any atom is 0.331 e. The molecule has 0 unspecified atom stereocenters. The summed E-state index contributed by atoms with van der Waals surface area (Å²) in [6.45, 7) is 1.34. The van der Waals surface area contributed by atoms with Gasteiger partial charge in [-0.15, -0.1) is 0 Å². The molecule has 0 bridgehead atoms. The zero-order valence-corrected chi connectivity index (χ0v) is 10.2. The van der Waals surface area contributed by atoms with Crippen molar-refractivity contribution in [3.63, 3.8) is 0 Å². The van der Waals surface area contributed by atoms with Gasteiger partial charge < -0.3 is 9.84 Å². The first-order valence-corrected chi connectivity index (χ1v) is 5.26. The quantitative estimate of drug-likeness (QED) is 0.505. The Labute approximate surface area is 108 Å². The van der Waals surface area contributed by atoms with Crippen LogP contribution in [0.15, 0.2) is 29.8 Å². The number of carboxylic acid groups (broad SMARTS) is 1. The fraction of sp³-hybridized carbons (Fsp3) is 0.182. The van der Waals surface area contributed by atoms with Gasteiger partial charge in [0, 0.05) is 16.7 Å². The number of aliphatic carboxylic acids is 1. The fourth-order valence-electron chi connectivity index (χ4n) is 1.10. The van der Waals surface area contributed by atoms with Gasteiger partial charge in [-0.05, 0) is 25.1 Å². The van der Waals surface area contributed by atoms with Gasteiger partial charge >= 0.3 is 11.7 Å². The fourth-order valence-corrected chi connectivity index (χ4v) is 1.27. The minimum atomic E-state index is -1.07. The van der Waals surface area contributed by atoms with Crippen LogP contribution in [0.25, 0.3) is 0 Å². The number of nitro benzene ring substituents is 1. The van der Waals surface area contributed by atoms with Gasteiger partial charge in [-0.2, -0.15) is 0 Å². The lowest BCUT2D eigenvalue weighted by Crippen LogP contribution is -2.02. The molecule has 1 aromatic carbocycles. The lowest BCUT2D eigenvalue weighted by Gasteiger charge is -2.04. The largest absolute Gasteiger partial charge is 0.483 e. The van der Waals surface area contributed by atoms with Gasteiger partial charge in [0.25, 0.3) is 0 Å².